The molecule has 0 fully saturated rings. The molecule has 0 aliphatic carbocycles. The van der Waals surface area contributed by atoms with Crippen LogP contribution in [0.4, 0.5) is 5.69 Å². The predicted octanol–water partition coefficient (Wildman–Crippen LogP) is 2.53. The lowest BCUT2D eigenvalue weighted by molar-refractivity contribution is -0.133. The molecule has 1 aromatic carbocycles. The Balaban J connectivity index is 2.82. The number of amides is 2. The first-order valence-corrected chi connectivity index (χ1v) is 7.72. The Morgan fingerprint density at radius 2 is 1.92 bits per heavy atom. The number of rotatable bonds is 7. The summed E-state index contributed by atoms with van der Waals surface area (Å²) in [7, 11) is 0. The van der Waals surface area contributed by atoms with Crippen LogP contribution in [0.1, 0.15) is 36.7 Å². The van der Waals surface area contributed by atoms with Crippen LogP contribution in [0, 0.1) is 6.92 Å². The van der Waals surface area contributed by atoms with Crippen LogP contribution in [0.5, 0.6) is 0 Å². The normalized spacial score (nSPS) is 10.0. The molecule has 0 unspecified atom stereocenters. The van der Waals surface area contributed by atoms with Crippen molar-refractivity contribution >= 4 is 23.5 Å². The van der Waals surface area contributed by atoms with Gasteiger partial charge in [-0.1, -0.05) is 24.3 Å². The van der Waals surface area contributed by atoms with E-state index in [4.69, 9.17) is 4.74 Å². The van der Waals surface area contributed by atoms with Crippen molar-refractivity contribution in [2.24, 2.45) is 0 Å². The summed E-state index contributed by atoms with van der Waals surface area (Å²) in [4.78, 5) is 37.2. The van der Waals surface area contributed by atoms with Gasteiger partial charge >= 0.3 is 5.97 Å². The van der Waals surface area contributed by atoms with E-state index in [9.17, 15) is 14.4 Å². The number of hydrogen-bond donors (Lipinski definition) is 1. The zero-order valence-corrected chi connectivity index (χ0v) is 14.6. The number of hydrogen-bond acceptors (Lipinski definition) is 4. The molecule has 130 valence electrons. The Labute approximate surface area is 142 Å². The lowest BCUT2D eigenvalue weighted by atomic mass is 10.1. The highest BCUT2D eigenvalue weighted by Crippen LogP contribution is 2.21. The molecule has 0 atom stereocenters. The summed E-state index contributed by atoms with van der Waals surface area (Å²) in [6.45, 7) is 11.2. The standard InChI is InChI=1S/C18H24N2O4/c1-6-20(10-12(2)3)16(22)11-24-18(23)15-9-7-8-13(4)17(15)19-14(5)21/h7-9H,2,6,10-11H2,1,3-5H3,(H,19,21). The van der Waals surface area contributed by atoms with Crippen LogP contribution in [0.3, 0.4) is 0 Å². The Morgan fingerprint density at radius 3 is 2.46 bits per heavy atom. The molecule has 0 radical (unpaired) electrons. The maximum atomic E-state index is 12.3. The van der Waals surface area contributed by atoms with Crippen molar-refractivity contribution < 1.29 is 19.1 Å². The monoisotopic (exact) mass is 332 g/mol. The molecule has 1 N–H and O–H groups in total. The third-order valence-electron chi connectivity index (χ3n) is 3.32. The van der Waals surface area contributed by atoms with Crippen molar-refractivity contribution in [2.75, 3.05) is 25.0 Å². The van der Waals surface area contributed by atoms with E-state index in [1.54, 1.807) is 30.0 Å². The summed E-state index contributed by atoms with van der Waals surface area (Å²) >= 11 is 0. The molecule has 24 heavy (non-hydrogen) atoms. The number of esters is 1. The second kappa shape index (κ2) is 8.86. The Kier molecular flexibility index (Phi) is 7.17. The van der Waals surface area contributed by atoms with Crippen LogP contribution < -0.4 is 5.32 Å². The fourth-order valence-electron chi connectivity index (χ4n) is 2.18. The fraction of sp³-hybridized carbons (Fsp3) is 0.389. The minimum atomic E-state index is -0.651. The zero-order valence-electron chi connectivity index (χ0n) is 14.6. The number of benzene rings is 1. The summed E-state index contributed by atoms with van der Waals surface area (Å²) in [5, 5.41) is 2.62. The van der Waals surface area contributed by atoms with E-state index in [0.717, 1.165) is 11.1 Å². The van der Waals surface area contributed by atoms with E-state index in [1.165, 1.54) is 6.92 Å². The van der Waals surface area contributed by atoms with Crippen LogP contribution in [0.15, 0.2) is 30.4 Å². The van der Waals surface area contributed by atoms with Crippen molar-refractivity contribution in [3.8, 4) is 0 Å². The van der Waals surface area contributed by atoms with Crippen molar-refractivity contribution in [3.63, 3.8) is 0 Å². The number of para-hydroxylation sites is 1. The van der Waals surface area contributed by atoms with Crippen LogP contribution in [-0.4, -0.2) is 42.4 Å². The van der Waals surface area contributed by atoms with Crippen molar-refractivity contribution in [1.82, 2.24) is 4.90 Å². The zero-order chi connectivity index (χ0) is 18.3. The van der Waals surface area contributed by atoms with Crippen molar-refractivity contribution in [3.05, 3.63) is 41.5 Å². The average Bonchev–Trinajstić information content (AvgIpc) is 2.51. The number of carbonyl (C=O) groups is 3. The van der Waals surface area contributed by atoms with E-state index >= 15 is 0 Å². The fourth-order valence-corrected chi connectivity index (χ4v) is 2.18. The van der Waals surface area contributed by atoms with Gasteiger partial charge in [0.2, 0.25) is 5.91 Å². The minimum absolute atomic E-state index is 0.223. The first kappa shape index (κ1) is 19.4. The molecule has 0 aromatic heterocycles. The molecular weight excluding hydrogens is 308 g/mol. The molecule has 2 amide bonds. The average molecular weight is 332 g/mol. The summed E-state index contributed by atoms with van der Waals surface area (Å²) in [6, 6.07) is 5.02. The molecule has 6 nitrogen and oxygen atoms in total. The molecular formula is C18H24N2O4. The van der Waals surface area contributed by atoms with Gasteiger partial charge in [-0.3, -0.25) is 9.59 Å². The molecule has 0 heterocycles. The van der Waals surface area contributed by atoms with Crippen LogP contribution in [0.25, 0.3) is 0 Å². The van der Waals surface area contributed by atoms with Gasteiger partial charge in [0.1, 0.15) is 0 Å². The highest BCUT2D eigenvalue weighted by molar-refractivity contribution is 6.02. The number of carbonyl (C=O) groups excluding carboxylic acids is 3. The van der Waals surface area contributed by atoms with Crippen molar-refractivity contribution in [1.29, 1.82) is 0 Å². The highest BCUT2D eigenvalue weighted by atomic mass is 16.5. The molecule has 1 rings (SSSR count). The number of ether oxygens (including phenoxy) is 1. The smallest absolute Gasteiger partial charge is 0.340 e. The van der Waals surface area contributed by atoms with E-state index in [0.29, 0.717) is 18.8 Å². The number of nitrogens with zero attached hydrogens (tertiary/aromatic N) is 1. The number of likely N-dealkylation sites (N-methyl/N-ethyl adjacent to an activating group) is 1. The third kappa shape index (κ3) is 5.53. The number of nitrogens with one attached hydrogen (secondary N) is 1. The van der Waals surface area contributed by atoms with Crippen LogP contribution >= 0.6 is 0 Å². The number of aryl methyl sites for hydroxylation is 1. The maximum Gasteiger partial charge on any atom is 0.340 e. The second-order valence-electron chi connectivity index (χ2n) is 5.62. The van der Waals surface area contributed by atoms with Crippen LogP contribution in [-0.2, 0) is 14.3 Å². The second-order valence-corrected chi connectivity index (χ2v) is 5.62. The minimum Gasteiger partial charge on any atom is -0.452 e. The van der Waals surface area contributed by atoms with Gasteiger partial charge in [0.15, 0.2) is 6.61 Å². The summed E-state index contributed by atoms with van der Waals surface area (Å²) < 4.78 is 5.12. The van der Waals surface area contributed by atoms with Gasteiger partial charge in [-0.15, -0.1) is 0 Å². The van der Waals surface area contributed by atoms with Crippen molar-refractivity contribution in [2.45, 2.75) is 27.7 Å². The molecule has 0 saturated carbocycles. The van der Waals surface area contributed by atoms with E-state index in [1.807, 2.05) is 13.8 Å². The van der Waals surface area contributed by atoms with Gasteiger partial charge in [0, 0.05) is 20.0 Å². The Bertz CT molecular complexity index is 652. The molecule has 0 aliphatic heterocycles. The van der Waals surface area contributed by atoms with Gasteiger partial charge in [-0.25, -0.2) is 4.79 Å². The largest absolute Gasteiger partial charge is 0.452 e. The first-order chi connectivity index (χ1) is 11.3. The lowest BCUT2D eigenvalue weighted by Crippen LogP contribution is -2.35. The van der Waals surface area contributed by atoms with Crippen LogP contribution in [0.2, 0.25) is 0 Å². The Hall–Kier alpha value is -2.63. The van der Waals surface area contributed by atoms with Gasteiger partial charge in [-0.2, -0.15) is 0 Å². The molecule has 1 aromatic rings. The van der Waals surface area contributed by atoms with E-state index in [-0.39, 0.29) is 24.0 Å². The quantitative estimate of drug-likeness (QED) is 0.615. The third-order valence-corrected chi connectivity index (χ3v) is 3.32. The molecule has 0 saturated heterocycles. The Morgan fingerprint density at radius 1 is 1.25 bits per heavy atom. The first-order valence-electron chi connectivity index (χ1n) is 7.72. The molecule has 6 heteroatoms. The van der Waals surface area contributed by atoms with E-state index in [2.05, 4.69) is 11.9 Å². The highest BCUT2D eigenvalue weighted by Gasteiger charge is 2.19. The SMILES string of the molecule is C=C(C)CN(CC)C(=O)COC(=O)c1cccc(C)c1NC(C)=O. The number of anilines is 1. The van der Waals surface area contributed by atoms with Gasteiger partial charge < -0.3 is 15.0 Å². The molecule has 0 spiro atoms. The molecule has 0 bridgehead atoms. The maximum absolute atomic E-state index is 12.3. The summed E-state index contributed by atoms with van der Waals surface area (Å²) in [6.07, 6.45) is 0. The summed E-state index contributed by atoms with van der Waals surface area (Å²) in [5.41, 5.74) is 2.21. The van der Waals surface area contributed by atoms with Gasteiger partial charge in [0.05, 0.1) is 11.3 Å². The molecule has 0 aliphatic rings. The summed E-state index contributed by atoms with van der Waals surface area (Å²) in [5.74, 6) is -1.22. The topological polar surface area (TPSA) is 75.7 Å². The van der Waals surface area contributed by atoms with Gasteiger partial charge in [-0.05, 0) is 32.4 Å². The lowest BCUT2D eigenvalue weighted by Gasteiger charge is -2.21. The van der Waals surface area contributed by atoms with Gasteiger partial charge in [0.25, 0.3) is 5.91 Å². The van der Waals surface area contributed by atoms with E-state index < -0.39 is 5.97 Å². The predicted molar refractivity (Wildman–Crippen MR) is 92.8 cm³/mol.